The summed E-state index contributed by atoms with van der Waals surface area (Å²) >= 11 is 0. The Morgan fingerprint density at radius 2 is 2.11 bits per heavy atom. The van der Waals surface area contributed by atoms with E-state index in [1.165, 1.54) is 19.3 Å². The van der Waals surface area contributed by atoms with Gasteiger partial charge in [0, 0.05) is 13.1 Å². The molecule has 1 aromatic heterocycles. The summed E-state index contributed by atoms with van der Waals surface area (Å²) in [5.41, 5.74) is 0.865. The monoisotopic (exact) mass is 374 g/mol. The van der Waals surface area contributed by atoms with E-state index in [2.05, 4.69) is 20.5 Å². The van der Waals surface area contributed by atoms with Crippen LogP contribution in [0.5, 0.6) is 0 Å². The van der Waals surface area contributed by atoms with Gasteiger partial charge in [0.25, 0.3) is 0 Å². The molecule has 3 heterocycles. The largest absolute Gasteiger partial charge is 0.444 e. The molecule has 3 fully saturated rings. The van der Waals surface area contributed by atoms with Crippen molar-refractivity contribution in [1.82, 2.24) is 20.5 Å². The van der Waals surface area contributed by atoms with Crippen LogP contribution in [0.1, 0.15) is 55.9 Å². The van der Waals surface area contributed by atoms with E-state index in [9.17, 15) is 4.79 Å². The SMILES string of the molecule is Cc1nc(CN2CCC(CNC(=O)[C@@]34CCCC[C@H]3CNC4)CC2)oc1C. The summed E-state index contributed by atoms with van der Waals surface area (Å²) in [6.07, 6.45) is 7.01. The number of piperidine rings is 1. The molecule has 0 aromatic carbocycles. The fourth-order valence-electron chi connectivity index (χ4n) is 5.25. The lowest BCUT2D eigenvalue weighted by molar-refractivity contribution is -0.134. The van der Waals surface area contributed by atoms with Crippen LogP contribution in [-0.4, -0.2) is 48.5 Å². The third kappa shape index (κ3) is 3.92. The number of nitrogens with zero attached hydrogens (tertiary/aromatic N) is 2. The van der Waals surface area contributed by atoms with Crippen LogP contribution in [0, 0.1) is 31.1 Å². The number of aromatic nitrogens is 1. The van der Waals surface area contributed by atoms with E-state index in [0.29, 0.717) is 17.7 Å². The first-order valence-electron chi connectivity index (χ1n) is 10.7. The lowest BCUT2D eigenvalue weighted by Gasteiger charge is -2.38. The highest BCUT2D eigenvalue weighted by Gasteiger charge is 2.49. The maximum absolute atomic E-state index is 13.0. The van der Waals surface area contributed by atoms with Gasteiger partial charge in [-0.2, -0.15) is 0 Å². The van der Waals surface area contributed by atoms with E-state index in [1.807, 2.05) is 13.8 Å². The van der Waals surface area contributed by atoms with Crippen LogP contribution in [0.25, 0.3) is 0 Å². The lowest BCUT2D eigenvalue weighted by atomic mass is 9.67. The quantitative estimate of drug-likeness (QED) is 0.828. The molecule has 2 saturated heterocycles. The van der Waals surface area contributed by atoms with E-state index in [1.54, 1.807) is 0 Å². The molecule has 1 aromatic rings. The maximum atomic E-state index is 13.0. The topological polar surface area (TPSA) is 70.4 Å². The van der Waals surface area contributed by atoms with Crippen molar-refractivity contribution in [3.8, 4) is 0 Å². The number of hydrogen-bond acceptors (Lipinski definition) is 5. The molecule has 150 valence electrons. The molecule has 3 aliphatic rings. The highest BCUT2D eigenvalue weighted by molar-refractivity contribution is 5.83. The minimum atomic E-state index is -0.125. The fraction of sp³-hybridized carbons (Fsp3) is 0.810. The fourth-order valence-corrected chi connectivity index (χ4v) is 5.25. The average Bonchev–Trinajstić information content (AvgIpc) is 3.25. The number of carbonyl (C=O) groups excluding carboxylic acids is 1. The van der Waals surface area contributed by atoms with Crippen LogP contribution >= 0.6 is 0 Å². The second kappa shape index (κ2) is 7.92. The molecule has 0 spiro atoms. The summed E-state index contributed by atoms with van der Waals surface area (Å²) in [6.45, 7) is 9.59. The summed E-state index contributed by atoms with van der Waals surface area (Å²) in [5, 5.41) is 6.81. The molecule has 2 aliphatic heterocycles. The number of nitrogens with one attached hydrogen (secondary N) is 2. The Balaban J connectivity index is 1.23. The first-order valence-corrected chi connectivity index (χ1v) is 10.7. The van der Waals surface area contributed by atoms with E-state index >= 15 is 0 Å². The standard InChI is InChI=1S/C21H34N4O2/c1-15-16(2)27-19(24-15)13-25-9-6-17(7-10-25)11-23-20(26)21-8-4-3-5-18(21)12-22-14-21/h17-18,22H,3-14H2,1-2H3,(H,23,26)/t18-,21+/m0/s1. The zero-order valence-electron chi connectivity index (χ0n) is 16.9. The van der Waals surface area contributed by atoms with Crippen molar-refractivity contribution in [2.75, 3.05) is 32.7 Å². The Bertz CT molecular complexity index is 646. The predicted molar refractivity (Wildman–Crippen MR) is 104 cm³/mol. The highest BCUT2D eigenvalue weighted by Crippen LogP contribution is 2.43. The number of carbonyl (C=O) groups is 1. The lowest BCUT2D eigenvalue weighted by Crippen LogP contribution is -2.49. The van der Waals surface area contributed by atoms with Gasteiger partial charge in [0.2, 0.25) is 11.8 Å². The third-order valence-corrected chi connectivity index (χ3v) is 7.18. The molecule has 4 rings (SSSR count). The smallest absolute Gasteiger partial charge is 0.227 e. The molecule has 1 amide bonds. The number of fused-ring (bicyclic) bond motifs is 1. The average molecular weight is 375 g/mol. The van der Waals surface area contributed by atoms with Crippen molar-refractivity contribution in [3.63, 3.8) is 0 Å². The normalized spacial score (nSPS) is 29.6. The van der Waals surface area contributed by atoms with Gasteiger partial charge in [-0.1, -0.05) is 12.8 Å². The van der Waals surface area contributed by atoms with Gasteiger partial charge in [-0.15, -0.1) is 0 Å². The van der Waals surface area contributed by atoms with Gasteiger partial charge in [-0.25, -0.2) is 4.98 Å². The molecular weight excluding hydrogens is 340 g/mol. The summed E-state index contributed by atoms with van der Waals surface area (Å²) in [6, 6.07) is 0. The van der Waals surface area contributed by atoms with Crippen molar-refractivity contribution in [2.24, 2.45) is 17.3 Å². The first kappa shape index (κ1) is 18.9. The number of likely N-dealkylation sites (tertiary alicyclic amines) is 1. The van der Waals surface area contributed by atoms with Gasteiger partial charge < -0.3 is 15.1 Å². The molecule has 0 bridgehead atoms. The maximum Gasteiger partial charge on any atom is 0.227 e. The molecule has 6 heteroatoms. The Kier molecular flexibility index (Phi) is 5.55. The number of aryl methyl sites for hydroxylation is 2. The molecule has 0 unspecified atom stereocenters. The second-order valence-electron chi connectivity index (χ2n) is 8.91. The Hall–Kier alpha value is -1.40. The highest BCUT2D eigenvalue weighted by atomic mass is 16.4. The summed E-state index contributed by atoms with van der Waals surface area (Å²) in [7, 11) is 0. The summed E-state index contributed by atoms with van der Waals surface area (Å²) < 4.78 is 5.71. The van der Waals surface area contributed by atoms with Crippen LogP contribution in [0.3, 0.4) is 0 Å². The second-order valence-corrected chi connectivity index (χ2v) is 8.91. The van der Waals surface area contributed by atoms with Gasteiger partial charge in [0.1, 0.15) is 5.76 Å². The minimum Gasteiger partial charge on any atom is -0.444 e. The number of rotatable bonds is 5. The van der Waals surface area contributed by atoms with Crippen LogP contribution < -0.4 is 10.6 Å². The molecule has 2 N–H and O–H groups in total. The molecule has 2 atom stereocenters. The van der Waals surface area contributed by atoms with Crippen LogP contribution in [0.15, 0.2) is 4.42 Å². The van der Waals surface area contributed by atoms with Crippen molar-refractivity contribution in [3.05, 3.63) is 17.3 Å². The van der Waals surface area contributed by atoms with E-state index in [0.717, 1.165) is 75.9 Å². The van der Waals surface area contributed by atoms with Crippen molar-refractivity contribution in [1.29, 1.82) is 0 Å². The van der Waals surface area contributed by atoms with Gasteiger partial charge in [-0.05, 0) is 71.0 Å². The van der Waals surface area contributed by atoms with Gasteiger partial charge in [0.05, 0.1) is 17.7 Å². The number of oxazole rings is 1. The van der Waals surface area contributed by atoms with Crippen LogP contribution in [0.4, 0.5) is 0 Å². The van der Waals surface area contributed by atoms with Gasteiger partial charge in [0.15, 0.2) is 0 Å². The van der Waals surface area contributed by atoms with Crippen molar-refractivity contribution < 1.29 is 9.21 Å². The van der Waals surface area contributed by atoms with E-state index in [4.69, 9.17) is 4.42 Å². The Morgan fingerprint density at radius 1 is 1.30 bits per heavy atom. The van der Waals surface area contributed by atoms with Crippen LogP contribution in [-0.2, 0) is 11.3 Å². The van der Waals surface area contributed by atoms with E-state index in [-0.39, 0.29) is 5.41 Å². The number of amides is 1. The van der Waals surface area contributed by atoms with Gasteiger partial charge >= 0.3 is 0 Å². The minimum absolute atomic E-state index is 0.125. The van der Waals surface area contributed by atoms with Crippen molar-refractivity contribution >= 4 is 5.91 Å². The van der Waals surface area contributed by atoms with Crippen molar-refractivity contribution in [2.45, 2.75) is 58.9 Å². The molecule has 6 nitrogen and oxygen atoms in total. The molecule has 1 saturated carbocycles. The molecule has 27 heavy (non-hydrogen) atoms. The Labute approximate surface area is 162 Å². The molecule has 0 radical (unpaired) electrons. The van der Waals surface area contributed by atoms with E-state index < -0.39 is 0 Å². The number of hydrogen-bond donors (Lipinski definition) is 2. The zero-order valence-corrected chi connectivity index (χ0v) is 16.9. The molecular formula is C21H34N4O2. The first-order chi connectivity index (χ1) is 13.1. The Morgan fingerprint density at radius 3 is 2.85 bits per heavy atom. The summed E-state index contributed by atoms with van der Waals surface area (Å²) in [5.74, 6) is 3.19. The molecule has 1 aliphatic carbocycles. The third-order valence-electron chi connectivity index (χ3n) is 7.18. The zero-order chi connectivity index (χ0) is 18.9. The summed E-state index contributed by atoms with van der Waals surface area (Å²) in [4.78, 5) is 19.9. The van der Waals surface area contributed by atoms with Gasteiger partial charge in [-0.3, -0.25) is 9.69 Å². The van der Waals surface area contributed by atoms with Crippen LogP contribution in [0.2, 0.25) is 0 Å². The predicted octanol–water partition coefficient (Wildman–Crippen LogP) is 2.40.